The average molecular weight is 447 g/mol. The van der Waals surface area contributed by atoms with Crippen molar-refractivity contribution in [1.82, 2.24) is 4.98 Å². The van der Waals surface area contributed by atoms with E-state index in [0.29, 0.717) is 0 Å². The molecule has 0 spiro atoms. The van der Waals surface area contributed by atoms with Crippen LogP contribution in [0.5, 0.6) is 0 Å². The van der Waals surface area contributed by atoms with Crippen LogP contribution in [-0.4, -0.2) is 4.98 Å². The standard InChI is InChI=1S/C19H12N.Ir/c1-2-13-6-8-14(9-7-13)18-12-16-11-10-15-4-3-5-17(20-18)19(15)16;/h2-8,10-12H,1H2;/q-1;. The molecule has 1 radical (unpaired) electrons. The molecule has 0 saturated heterocycles. The molecule has 0 amide bonds. The second-order valence-electron chi connectivity index (χ2n) is 4.91. The summed E-state index contributed by atoms with van der Waals surface area (Å²) >= 11 is 0. The molecular formula is C19H12IrN-. The summed E-state index contributed by atoms with van der Waals surface area (Å²) in [6, 6.07) is 17.7. The van der Waals surface area contributed by atoms with Crippen molar-refractivity contribution >= 4 is 29.1 Å². The van der Waals surface area contributed by atoms with Crippen LogP contribution in [-0.2, 0) is 20.1 Å². The molecule has 2 aromatic carbocycles. The topological polar surface area (TPSA) is 12.9 Å². The van der Waals surface area contributed by atoms with Crippen LogP contribution >= 0.6 is 0 Å². The molecule has 1 aromatic heterocycles. The van der Waals surface area contributed by atoms with Gasteiger partial charge < -0.3 is 0 Å². The number of nitrogens with zero attached hydrogens (tertiary/aromatic N) is 1. The van der Waals surface area contributed by atoms with E-state index in [2.05, 4.69) is 49.1 Å². The van der Waals surface area contributed by atoms with E-state index in [9.17, 15) is 0 Å². The first-order valence-corrected chi connectivity index (χ1v) is 6.61. The smallest absolute Gasteiger partial charge is 0.0607 e. The summed E-state index contributed by atoms with van der Waals surface area (Å²) in [6.45, 7) is 3.76. The normalized spacial score (nSPS) is 11.4. The Balaban J connectivity index is 0.00000132. The first kappa shape index (κ1) is 13.9. The minimum atomic E-state index is 0. The van der Waals surface area contributed by atoms with E-state index < -0.39 is 0 Å². The zero-order valence-electron chi connectivity index (χ0n) is 11.3. The van der Waals surface area contributed by atoms with Gasteiger partial charge in [-0.25, -0.2) is 0 Å². The molecule has 2 heteroatoms. The summed E-state index contributed by atoms with van der Waals surface area (Å²) in [6.07, 6.45) is 6.12. The van der Waals surface area contributed by atoms with E-state index in [1.165, 1.54) is 16.5 Å². The summed E-state index contributed by atoms with van der Waals surface area (Å²) in [5.41, 5.74) is 6.58. The Morgan fingerprint density at radius 2 is 1.90 bits per heavy atom. The van der Waals surface area contributed by atoms with Crippen molar-refractivity contribution in [2.24, 2.45) is 0 Å². The summed E-state index contributed by atoms with van der Waals surface area (Å²) in [4.78, 5) is 4.77. The Morgan fingerprint density at radius 3 is 2.67 bits per heavy atom. The van der Waals surface area contributed by atoms with Crippen LogP contribution in [0.4, 0.5) is 0 Å². The Labute approximate surface area is 137 Å². The molecular weight excluding hydrogens is 434 g/mol. The van der Waals surface area contributed by atoms with E-state index in [-0.39, 0.29) is 20.1 Å². The average Bonchev–Trinajstić information content (AvgIpc) is 2.92. The number of hydrogen-bond acceptors (Lipinski definition) is 1. The molecule has 1 nitrogen and oxygen atoms in total. The summed E-state index contributed by atoms with van der Waals surface area (Å²) in [5, 5.41) is 1.25. The van der Waals surface area contributed by atoms with Gasteiger partial charge in [0.15, 0.2) is 0 Å². The molecule has 0 bridgehead atoms. The Morgan fingerprint density at radius 1 is 1.05 bits per heavy atom. The second kappa shape index (κ2) is 5.40. The molecule has 103 valence electrons. The number of rotatable bonds is 2. The fourth-order valence-electron chi connectivity index (χ4n) is 2.66. The van der Waals surface area contributed by atoms with Gasteiger partial charge in [-0.05, 0) is 22.9 Å². The number of hydrogen-bond donors (Lipinski definition) is 0. The van der Waals surface area contributed by atoms with Crippen LogP contribution in [0, 0.1) is 6.07 Å². The third-order valence-corrected chi connectivity index (χ3v) is 3.69. The number of aromatic nitrogens is 1. The molecule has 1 aliphatic rings. The van der Waals surface area contributed by atoms with Crippen molar-refractivity contribution in [3.05, 3.63) is 71.8 Å². The summed E-state index contributed by atoms with van der Waals surface area (Å²) < 4.78 is 0. The maximum Gasteiger partial charge on any atom is 0.0607 e. The van der Waals surface area contributed by atoms with Gasteiger partial charge >= 0.3 is 0 Å². The molecule has 1 aliphatic carbocycles. The minimum absolute atomic E-state index is 0. The molecule has 21 heavy (non-hydrogen) atoms. The quantitative estimate of drug-likeness (QED) is 0.402. The SMILES string of the molecule is C=Cc1c[c-]c(-c2cc3c4c(cccc4n2)C=C3)cc1.[Ir]. The summed E-state index contributed by atoms with van der Waals surface area (Å²) in [5.74, 6) is 0. The van der Waals surface area contributed by atoms with Gasteiger partial charge in [0, 0.05) is 25.5 Å². The van der Waals surface area contributed by atoms with Gasteiger partial charge in [0.05, 0.1) is 5.52 Å². The van der Waals surface area contributed by atoms with Crippen LogP contribution < -0.4 is 0 Å². The van der Waals surface area contributed by atoms with Crippen LogP contribution in [0.1, 0.15) is 16.7 Å². The van der Waals surface area contributed by atoms with E-state index in [1.807, 2.05) is 24.3 Å². The third kappa shape index (κ3) is 2.27. The van der Waals surface area contributed by atoms with Gasteiger partial charge in [0.2, 0.25) is 0 Å². The zero-order valence-corrected chi connectivity index (χ0v) is 13.7. The molecule has 0 aliphatic heterocycles. The van der Waals surface area contributed by atoms with E-state index >= 15 is 0 Å². The third-order valence-electron chi connectivity index (χ3n) is 3.69. The molecule has 0 N–H and O–H groups in total. The molecule has 0 unspecified atom stereocenters. The predicted molar refractivity (Wildman–Crippen MR) is 85.0 cm³/mol. The molecule has 0 atom stereocenters. The van der Waals surface area contributed by atoms with E-state index in [0.717, 1.165) is 22.3 Å². The molecule has 0 saturated carbocycles. The van der Waals surface area contributed by atoms with Gasteiger partial charge in [0.25, 0.3) is 0 Å². The van der Waals surface area contributed by atoms with E-state index in [4.69, 9.17) is 4.98 Å². The fraction of sp³-hybridized carbons (Fsp3) is 0. The minimum Gasteiger partial charge on any atom is -0.296 e. The van der Waals surface area contributed by atoms with Crippen LogP contribution in [0.3, 0.4) is 0 Å². The van der Waals surface area contributed by atoms with Crippen LogP contribution in [0.25, 0.3) is 40.4 Å². The van der Waals surface area contributed by atoms with Crippen LogP contribution in [0.2, 0.25) is 0 Å². The Bertz CT molecular complexity index is 861. The van der Waals surface area contributed by atoms with Crippen molar-refractivity contribution in [2.75, 3.05) is 0 Å². The van der Waals surface area contributed by atoms with Crippen molar-refractivity contribution in [2.45, 2.75) is 0 Å². The monoisotopic (exact) mass is 447 g/mol. The maximum atomic E-state index is 4.77. The predicted octanol–water partition coefficient (Wildman–Crippen LogP) is 4.83. The second-order valence-corrected chi connectivity index (χ2v) is 4.91. The van der Waals surface area contributed by atoms with Gasteiger partial charge in [0.1, 0.15) is 0 Å². The zero-order chi connectivity index (χ0) is 13.5. The molecule has 4 rings (SSSR count). The summed E-state index contributed by atoms with van der Waals surface area (Å²) in [7, 11) is 0. The Hall–Kier alpha value is -2.02. The molecule has 3 aromatic rings. The van der Waals surface area contributed by atoms with Gasteiger partial charge in [-0.2, -0.15) is 0 Å². The molecule has 1 heterocycles. The van der Waals surface area contributed by atoms with Crippen molar-refractivity contribution in [3.8, 4) is 11.3 Å². The van der Waals surface area contributed by atoms with Crippen molar-refractivity contribution < 1.29 is 20.1 Å². The Kier molecular flexibility index (Phi) is 3.59. The van der Waals surface area contributed by atoms with Crippen LogP contribution in [0.15, 0.2) is 49.0 Å². The first-order chi connectivity index (χ1) is 9.85. The fourth-order valence-corrected chi connectivity index (χ4v) is 2.66. The number of pyridine rings is 1. The van der Waals surface area contributed by atoms with Gasteiger partial charge in [-0.3, -0.25) is 4.98 Å². The number of benzene rings is 2. The van der Waals surface area contributed by atoms with Crippen molar-refractivity contribution in [1.29, 1.82) is 0 Å². The van der Waals surface area contributed by atoms with Crippen molar-refractivity contribution in [3.63, 3.8) is 0 Å². The van der Waals surface area contributed by atoms with Gasteiger partial charge in [-0.1, -0.05) is 30.4 Å². The maximum absolute atomic E-state index is 4.77. The van der Waals surface area contributed by atoms with E-state index in [1.54, 1.807) is 0 Å². The first-order valence-electron chi connectivity index (χ1n) is 6.61. The molecule has 0 fully saturated rings. The van der Waals surface area contributed by atoms with Gasteiger partial charge in [-0.15, -0.1) is 48.0 Å². The largest absolute Gasteiger partial charge is 0.296 e.